The van der Waals surface area contributed by atoms with Gasteiger partial charge < -0.3 is 20.3 Å². The molecule has 0 bridgehead atoms. The number of nitrogens with zero attached hydrogens (tertiary/aromatic N) is 1. The Morgan fingerprint density at radius 2 is 1.77 bits per heavy atom. The van der Waals surface area contributed by atoms with Gasteiger partial charge in [-0.15, -0.1) is 0 Å². The molecule has 0 spiro atoms. The Labute approximate surface area is 184 Å². The lowest BCUT2D eigenvalue weighted by Crippen LogP contribution is -2.37. The Morgan fingerprint density at radius 1 is 0.967 bits per heavy atom. The molecule has 2 N–H and O–H groups in total. The smallest absolute Gasteiger partial charge is 0.170 e. The molecule has 3 aromatic carbocycles. The zero-order valence-electron chi connectivity index (χ0n) is 17.8. The number of aryl methyl sites for hydroxylation is 1. The monoisotopic (exact) mass is 419 g/mol. The molecule has 3 rings (SSSR count). The van der Waals surface area contributed by atoms with Crippen molar-refractivity contribution in [2.75, 3.05) is 37.0 Å². The van der Waals surface area contributed by atoms with Crippen LogP contribution in [-0.4, -0.2) is 31.9 Å². The van der Waals surface area contributed by atoms with Gasteiger partial charge in [0.1, 0.15) is 5.75 Å². The van der Waals surface area contributed by atoms with Gasteiger partial charge in [-0.2, -0.15) is 0 Å². The average molecular weight is 420 g/mol. The Balaban J connectivity index is 1.61. The van der Waals surface area contributed by atoms with Crippen LogP contribution in [0.5, 0.6) is 5.75 Å². The first-order chi connectivity index (χ1) is 14.6. The van der Waals surface area contributed by atoms with Gasteiger partial charge in [-0.3, -0.25) is 0 Å². The maximum atomic E-state index is 5.53. The molecular weight excluding hydrogens is 390 g/mol. The van der Waals surface area contributed by atoms with Gasteiger partial charge in [-0.25, -0.2) is 0 Å². The Hall–Kier alpha value is -3.05. The van der Waals surface area contributed by atoms with Crippen molar-refractivity contribution in [1.82, 2.24) is 5.32 Å². The molecule has 5 heteroatoms. The van der Waals surface area contributed by atoms with Gasteiger partial charge in [0.2, 0.25) is 0 Å². The second-order valence-corrected chi connectivity index (χ2v) is 7.49. The highest BCUT2D eigenvalue weighted by atomic mass is 32.1. The number of nitrogens with one attached hydrogen (secondary N) is 2. The lowest BCUT2D eigenvalue weighted by atomic mass is 10.0. The molecule has 30 heavy (non-hydrogen) atoms. The number of benzene rings is 3. The molecule has 0 fully saturated rings. The molecular formula is C25H29N3OS. The van der Waals surface area contributed by atoms with Crippen molar-refractivity contribution in [3.05, 3.63) is 78.4 Å². The highest BCUT2D eigenvalue weighted by molar-refractivity contribution is 7.80. The summed E-state index contributed by atoms with van der Waals surface area (Å²) in [6.07, 6.45) is 0. The summed E-state index contributed by atoms with van der Waals surface area (Å²) in [4.78, 5) is 2.33. The molecule has 3 aromatic rings. The molecule has 0 aliphatic carbocycles. The van der Waals surface area contributed by atoms with Crippen molar-refractivity contribution in [1.29, 1.82) is 0 Å². The number of thiocarbonyl (C=S) groups is 1. The highest BCUT2D eigenvalue weighted by Crippen LogP contribution is 2.30. The maximum Gasteiger partial charge on any atom is 0.170 e. The van der Waals surface area contributed by atoms with Crippen LogP contribution in [0.2, 0.25) is 0 Å². The van der Waals surface area contributed by atoms with E-state index in [1.165, 1.54) is 11.3 Å². The SMILES string of the molecule is CCN(CCNC(=S)Nc1cc(-c2ccccc2)ccc1OC)c1cccc(C)c1. The van der Waals surface area contributed by atoms with Crippen LogP contribution in [0, 0.1) is 6.92 Å². The first-order valence-electron chi connectivity index (χ1n) is 10.2. The van der Waals surface area contributed by atoms with Crippen molar-refractivity contribution in [2.24, 2.45) is 0 Å². The first kappa shape index (κ1) is 21.7. The molecule has 4 nitrogen and oxygen atoms in total. The van der Waals surface area contributed by atoms with Gasteiger partial charge in [0, 0.05) is 25.3 Å². The van der Waals surface area contributed by atoms with E-state index in [0.29, 0.717) is 5.11 Å². The molecule has 156 valence electrons. The minimum Gasteiger partial charge on any atom is -0.495 e. The standard InChI is InChI=1S/C25H29N3OS/c1-4-28(22-12-8-9-19(2)17-22)16-15-26-25(30)27-23-18-21(13-14-24(23)29-3)20-10-6-5-7-11-20/h5-14,17-18H,4,15-16H2,1-3H3,(H2,26,27,30). The lowest BCUT2D eigenvalue weighted by Gasteiger charge is -2.24. The van der Waals surface area contributed by atoms with Gasteiger partial charge >= 0.3 is 0 Å². The number of methoxy groups -OCH3 is 1. The van der Waals surface area contributed by atoms with Gasteiger partial charge in [0.25, 0.3) is 0 Å². The van der Waals surface area contributed by atoms with Crippen LogP contribution >= 0.6 is 12.2 Å². The number of ether oxygens (including phenoxy) is 1. The normalized spacial score (nSPS) is 10.4. The van der Waals surface area contributed by atoms with E-state index < -0.39 is 0 Å². The van der Waals surface area contributed by atoms with E-state index in [-0.39, 0.29) is 0 Å². The van der Waals surface area contributed by atoms with Crippen LogP contribution in [0.25, 0.3) is 11.1 Å². The predicted molar refractivity (Wildman–Crippen MR) is 132 cm³/mol. The fourth-order valence-electron chi connectivity index (χ4n) is 3.38. The maximum absolute atomic E-state index is 5.53. The number of hydrogen-bond donors (Lipinski definition) is 2. The number of hydrogen-bond acceptors (Lipinski definition) is 3. The predicted octanol–water partition coefficient (Wildman–Crippen LogP) is 5.48. The summed E-state index contributed by atoms with van der Waals surface area (Å²) >= 11 is 5.53. The van der Waals surface area contributed by atoms with Gasteiger partial charge in [-0.05, 0) is 67.0 Å². The molecule has 0 aliphatic heterocycles. The minimum atomic E-state index is 0.582. The van der Waals surface area contributed by atoms with Crippen molar-refractivity contribution in [3.63, 3.8) is 0 Å². The second-order valence-electron chi connectivity index (χ2n) is 7.08. The molecule has 0 saturated carbocycles. The second kappa shape index (κ2) is 10.6. The molecule has 0 aromatic heterocycles. The fourth-order valence-corrected chi connectivity index (χ4v) is 3.59. The molecule has 0 heterocycles. The highest BCUT2D eigenvalue weighted by Gasteiger charge is 2.09. The third kappa shape index (κ3) is 5.74. The Morgan fingerprint density at radius 3 is 2.47 bits per heavy atom. The van der Waals surface area contributed by atoms with E-state index in [0.717, 1.165) is 42.2 Å². The van der Waals surface area contributed by atoms with Gasteiger partial charge in [0.05, 0.1) is 12.8 Å². The molecule has 0 radical (unpaired) electrons. The average Bonchev–Trinajstić information content (AvgIpc) is 2.77. The number of anilines is 2. The van der Waals surface area contributed by atoms with E-state index >= 15 is 0 Å². The Bertz CT molecular complexity index is 975. The summed E-state index contributed by atoms with van der Waals surface area (Å²) < 4.78 is 5.51. The van der Waals surface area contributed by atoms with E-state index in [1.54, 1.807) is 7.11 Å². The summed E-state index contributed by atoms with van der Waals surface area (Å²) in [5.74, 6) is 0.758. The van der Waals surface area contributed by atoms with Crippen molar-refractivity contribution < 1.29 is 4.74 Å². The fraction of sp³-hybridized carbons (Fsp3) is 0.240. The summed E-state index contributed by atoms with van der Waals surface area (Å²) in [6.45, 7) is 6.83. The summed E-state index contributed by atoms with van der Waals surface area (Å²) in [6, 6.07) is 24.9. The first-order valence-corrected chi connectivity index (χ1v) is 10.6. The third-order valence-electron chi connectivity index (χ3n) is 4.97. The van der Waals surface area contributed by atoms with Crippen molar-refractivity contribution >= 4 is 28.7 Å². The number of rotatable bonds is 8. The lowest BCUT2D eigenvalue weighted by molar-refractivity contribution is 0.417. The van der Waals surface area contributed by atoms with Gasteiger partial charge in [0.15, 0.2) is 5.11 Å². The zero-order chi connectivity index (χ0) is 21.3. The van der Waals surface area contributed by atoms with Crippen LogP contribution in [-0.2, 0) is 0 Å². The minimum absolute atomic E-state index is 0.582. The summed E-state index contributed by atoms with van der Waals surface area (Å²) in [5, 5.41) is 7.19. The topological polar surface area (TPSA) is 36.5 Å². The van der Waals surface area contributed by atoms with Crippen molar-refractivity contribution in [3.8, 4) is 16.9 Å². The molecule has 0 unspecified atom stereocenters. The van der Waals surface area contributed by atoms with E-state index in [1.807, 2.05) is 24.3 Å². The van der Waals surface area contributed by atoms with Crippen LogP contribution in [0.1, 0.15) is 12.5 Å². The molecule has 0 aliphatic rings. The van der Waals surface area contributed by atoms with Gasteiger partial charge in [-0.1, -0.05) is 48.5 Å². The summed E-state index contributed by atoms with van der Waals surface area (Å²) in [7, 11) is 1.67. The van der Waals surface area contributed by atoms with Crippen LogP contribution in [0.4, 0.5) is 11.4 Å². The molecule has 0 atom stereocenters. The van der Waals surface area contributed by atoms with E-state index in [9.17, 15) is 0 Å². The number of likely N-dealkylation sites (N-methyl/N-ethyl adjacent to an activating group) is 1. The van der Waals surface area contributed by atoms with E-state index in [2.05, 4.69) is 77.9 Å². The van der Waals surface area contributed by atoms with E-state index in [4.69, 9.17) is 17.0 Å². The zero-order valence-corrected chi connectivity index (χ0v) is 18.6. The Kier molecular flexibility index (Phi) is 7.69. The van der Waals surface area contributed by atoms with Crippen LogP contribution < -0.4 is 20.3 Å². The quantitative estimate of drug-likeness (QED) is 0.473. The summed E-state index contributed by atoms with van der Waals surface area (Å²) in [5.41, 5.74) is 5.61. The van der Waals surface area contributed by atoms with Crippen molar-refractivity contribution in [2.45, 2.75) is 13.8 Å². The largest absolute Gasteiger partial charge is 0.495 e. The third-order valence-corrected chi connectivity index (χ3v) is 5.22. The van der Waals surface area contributed by atoms with Crippen LogP contribution in [0.15, 0.2) is 72.8 Å². The van der Waals surface area contributed by atoms with Crippen LogP contribution in [0.3, 0.4) is 0 Å². The molecule has 0 saturated heterocycles. The molecule has 0 amide bonds.